The van der Waals surface area contributed by atoms with Gasteiger partial charge in [-0.25, -0.2) is 16.8 Å². The summed E-state index contributed by atoms with van der Waals surface area (Å²) >= 11 is 0. The van der Waals surface area contributed by atoms with Crippen molar-refractivity contribution in [3.8, 4) is 0 Å². The second-order valence-electron chi connectivity index (χ2n) is 8.21. The lowest BCUT2D eigenvalue weighted by Gasteiger charge is -2.24. The van der Waals surface area contributed by atoms with Crippen molar-refractivity contribution in [3.63, 3.8) is 0 Å². The molecular weight excluding hydrogens is 426 g/mol. The number of carbonyl (C=O) groups excluding carboxylic acids is 1. The van der Waals surface area contributed by atoms with Gasteiger partial charge < -0.3 is 10.2 Å². The van der Waals surface area contributed by atoms with Crippen LogP contribution in [0.4, 0.5) is 5.69 Å². The molecule has 1 aromatic carbocycles. The maximum Gasteiger partial charge on any atom is 0.243 e. The Morgan fingerprint density at radius 2 is 1.87 bits per heavy atom. The standard InChI is InChI=1S/C20H31N3O5S2/c1-16-7-8-17(13-19(16)30(27,28)23-10-5-3-4-6-11-23)21-14-20(24)22(2)18-9-12-29(25,26)15-18/h7-8,13,18,21H,3-6,9-12,14-15H2,1-2H3. The lowest BCUT2D eigenvalue weighted by atomic mass is 10.2. The number of hydrogen-bond donors (Lipinski definition) is 1. The van der Waals surface area contributed by atoms with E-state index in [0.29, 0.717) is 30.8 Å². The Labute approximate surface area is 179 Å². The first-order valence-corrected chi connectivity index (χ1v) is 13.7. The fraction of sp³-hybridized carbons (Fsp3) is 0.650. The molecule has 1 aromatic rings. The zero-order valence-electron chi connectivity index (χ0n) is 17.6. The van der Waals surface area contributed by atoms with Crippen LogP contribution in [0.25, 0.3) is 0 Å². The van der Waals surface area contributed by atoms with Crippen molar-refractivity contribution in [2.45, 2.75) is 50.0 Å². The molecule has 2 aliphatic rings. The average Bonchev–Trinajstić information content (AvgIpc) is 2.89. The maximum absolute atomic E-state index is 13.2. The van der Waals surface area contributed by atoms with Gasteiger partial charge in [0.2, 0.25) is 15.9 Å². The number of rotatable bonds is 6. The molecule has 0 saturated carbocycles. The minimum absolute atomic E-state index is 0.00199. The van der Waals surface area contributed by atoms with Gasteiger partial charge in [0.05, 0.1) is 22.9 Å². The minimum atomic E-state index is -3.59. The molecule has 0 aromatic heterocycles. The summed E-state index contributed by atoms with van der Waals surface area (Å²) < 4.78 is 51.2. The van der Waals surface area contributed by atoms with E-state index >= 15 is 0 Å². The summed E-state index contributed by atoms with van der Waals surface area (Å²) in [6.45, 7) is 2.81. The highest BCUT2D eigenvalue weighted by Crippen LogP contribution is 2.26. The molecule has 0 aliphatic carbocycles. The van der Waals surface area contributed by atoms with Gasteiger partial charge in [0.15, 0.2) is 9.84 Å². The van der Waals surface area contributed by atoms with E-state index < -0.39 is 19.9 Å². The Kier molecular flexibility index (Phi) is 7.09. The van der Waals surface area contributed by atoms with Crippen molar-refractivity contribution in [2.75, 3.05) is 43.5 Å². The summed E-state index contributed by atoms with van der Waals surface area (Å²) in [4.78, 5) is 14.2. The van der Waals surface area contributed by atoms with Gasteiger partial charge in [-0.2, -0.15) is 4.31 Å². The molecule has 30 heavy (non-hydrogen) atoms. The summed E-state index contributed by atoms with van der Waals surface area (Å²) in [6.07, 6.45) is 4.28. The average molecular weight is 458 g/mol. The molecule has 2 aliphatic heterocycles. The largest absolute Gasteiger partial charge is 0.376 e. The number of hydrogen-bond acceptors (Lipinski definition) is 6. The summed E-state index contributed by atoms with van der Waals surface area (Å²) in [7, 11) is -5.04. The highest BCUT2D eigenvalue weighted by atomic mass is 32.2. The number of anilines is 1. The predicted molar refractivity (Wildman–Crippen MR) is 117 cm³/mol. The zero-order chi connectivity index (χ0) is 21.9. The molecular formula is C20H31N3O5S2. The molecule has 1 amide bonds. The van der Waals surface area contributed by atoms with Gasteiger partial charge in [-0.3, -0.25) is 4.79 Å². The summed E-state index contributed by atoms with van der Waals surface area (Å²) in [5.41, 5.74) is 1.22. The lowest BCUT2D eigenvalue weighted by molar-refractivity contribution is -0.129. The van der Waals surface area contributed by atoms with Crippen molar-refractivity contribution in [1.82, 2.24) is 9.21 Å². The Morgan fingerprint density at radius 3 is 2.47 bits per heavy atom. The van der Waals surface area contributed by atoms with Crippen LogP contribution < -0.4 is 5.32 Å². The molecule has 0 radical (unpaired) electrons. The lowest BCUT2D eigenvalue weighted by Crippen LogP contribution is -2.40. The highest BCUT2D eigenvalue weighted by molar-refractivity contribution is 7.91. The molecule has 1 N–H and O–H groups in total. The van der Waals surface area contributed by atoms with E-state index in [2.05, 4.69) is 5.32 Å². The highest BCUT2D eigenvalue weighted by Gasteiger charge is 2.32. The third kappa shape index (κ3) is 5.33. The number of nitrogens with one attached hydrogen (secondary N) is 1. The van der Waals surface area contributed by atoms with Crippen LogP contribution in [0.1, 0.15) is 37.7 Å². The number of sulfone groups is 1. The zero-order valence-corrected chi connectivity index (χ0v) is 19.3. The Balaban J connectivity index is 1.68. The molecule has 2 heterocycles. The van der Waals surface area contributed by atoms with Crippen LogP contribution in [0.15, 0.2) is 23.1 Å². The van der Waals surface area contributed by atoms with Crippen LogP contribution in [0.2, 0.25) is 0 Å². The first kappa shape index (κ1) is 23.0. The molecule has 2 saturated heterocycles. The van der Waals surface area contributed by atoms with Gasteiger partial charge in [0, 0.05) is 31.9 Å². The van der Waals surface area contributed by atoms with Gasteiger partial charge in [0.1, 0.15) is 0 Å². The van der Waals surface area contributed by atoms with E-state index in [9.17, 15) is 21.6 Å². The van der Waals surface area contributed by atoms with E-state index in [4.69, 9.17) is 0 Å². The number of aryl methyl sites for hydroxylation is 1. The van der Waals surface area contributed by atoms with Crippen molar-refractivity contribution in [1.29, 1.82) is 0 Å². The second-order valence-corrected chi connectivity index (χ2v) is 12.3. The van der Waals surface area contributed by atoms with E-state index in [1.807, 2.05) is 0 Å². The molecule has 1 unspecified atom stereocenters. The molecule has 2 fully saturated rings. The number of nitrogens with zero attached hydrogens (tertiary/aromatic N) is 2. The van der Waals surface area contributed by atoms with Gasteiger partial charge in [-0.1, -0.05) is 18.9 Å². The second kappa shape index (κ2) is 9.23. The quantitative estimate of drug-likeness (QED) is 0.696. The number of carbonyl (C=O) groups is 1. The number of likely N-dealkylation sites (N-methyl/N-ethyl adjacent to an activating group) is 1. The van der Waals surface area contributed by atoms with E-state index in [1.54, 1.807) is 36.5 Å². The van der Waals surface area contributed by atoms with Crippen molar-refractivity contribution < 1.29 is 21.6 Å². The van der Waals surface area contributed by atoms with Gasteiger partial charge in [-0.15, -0.1) is 0 Å². The maximum atomic E-state index is 13.2. The minimum Gasteiger partial charge on any atom is -0.376 e. The van der Waals surface area contributed by atoms with Crippen molar-refractivity contribution in [3.05, 3.63) is 23.8 Å². The fourth-order valence-electron chi connectivity index (χ4n) is 4.00. The van der Waals surface area contributed by atoms with E-state index in [0.717, 1.165) is 25.7 Å². The SMILES string of the molecule is Cc1ccc(NCC(=O)N(C)C2CCS(=O)(=O)C2)cc1S(=O)(=O)N1CCCCCC1. The number of sulfonamides is 1. The van der Waals surface area contributed by atoms with E-state index in [1.165, 1.54) is 4.90 Å². The smallest absolute Gasteiger partial charge is 0.243 e. The Hall–Kier alpha value is -1.65. The molecule has 0 bridgehead atoms. The van der Waals surface area contributed by atoms with E-state index in [-0.39, 0.29) is 34.9 Å². The van der Waals surface area contributed by atoms with Gasteiger partial charge >= 0.3 is 0 Å². The van der Waals surface area contributed by atoms with Crippen LogP contribution in [0.3, 0.4) is 0 Å². The molecule has 168 valence electrons. The third-order valence-corrected chi connectivity index (χ3v) is 9.76. The Bertz CT molecular complexity index is 984. The van der Waals surface area contributed by atoms with Crippen LogP contribution in [0, 0.1) is 6.92 Å². The first-order chi connectivity index (χ1) is 14.1. The van der Waals surface area contributed by atoms with Gasteiger partial charge in [-0.05, 0) is 43.9 Å². The van der Waals surface area contributed by atoms with Crippen LogP contribution in [0.5, 0.6) is 0 Å². The van der Waals surface area contributed by atoms with Crippen molar-refractivity contribution >= 4 is 31.5 Å². The van der Waals surface area contributed by atoms with Crippen molar-refractivity contribution in [2.24, 2.45) is 0 Å². The first-order valence-electron chi connectivity index (χ1n) is 10.4. The summed E-state index contributed by atoms with van der Waals surface area (Å²) in [5, 5.41) is 3.00. The predicted octanol–water partition coefficient (Wildman–Crippen LogP) is 1.62. The number of benzene rings is 1. The summed E-state index contributed by atoms with van der Waals surface area (Å²) in [5.74, 6) is -0.120. The molecule has 10 heteroatoms. The Morgan fingerprint density at radius 1 is 1.20 bits per heavy atom. The van der Waals surface area contributed by atoms with Crippen LogP contribution in [-0.2, 0) is 24.7 Å². The normalized spacial score (nSPS) is 22.4. The van der Waals surface area contributed by atoms with Crippen LogP contribution in [-0.4, -0.2) is 76.2 Å². The molecule has 1 atom stereocenters. The molecule has 0 spiro atoms. The monoisotopic (exact) mass is 457 g/mol. The fourth-order valence-corrected chi connectivity index (χ4v) is 7.54. The topological polar surface area (TPSA) is 104 Å². The molecule has 3 rings (SSSR count). The number of amides is 1. The summed E-state index contributed by atoms with van der Waals surface area (Å²) in [6, 6.07) is 4.78. The van der Waals surface area contributed by atoms with Crippen LogP contribution >= 0.6 is 0 Å². The third-order valence-electron chi connectivity index (χ3n) is 5.96. The molecule has 8 nitrogen and oxygen atoms in total. The van der Waals surface area contributed by atoms with Gasteiger partial charge in [0.25, 0.3) is 0 Å².